The van der Waals surface area contributed by atoms with Crippen LogP contribution in [-0.4, -0.2) is 18.9 Å². The monoisotopic (exact) mass is 249 g/mol. The van der Waals surface area contributed by atoms with E-state index in [0.29, 0.717) is 22.5 Å². The Labute approximate surface area is 105 Å². The number of nitrogens with two attached hydrogens (primary N) is 1. The van der Waals surface area contributed by atoms with Crippen LogP contribution >= 0.6 is 11.3 Å². The van der Waals surface area contributed by atoms with Gasteiger partial charge in [-0.25, -0.2) is 0 Å². The summed E-state index contributed by atoms with van der Waals surface area (Å²) in [5.41, 5.74) is 6.75. The fourth-order valence-corrected chi connectivity index (χ4v) is 3.28. The number of nitrogens with zero attached hydrogens (tertiary/aromatic N) is 2. The molecular formula is C12H15N3OS. The molecule has 1 saturated heterocycles. The second-order valence-electron chi connectivity index (χ2n) is 4.11. The lowest BCUT2D eigenvalue weighted by Crippen LogP contribution is -2.17. The Balaban J connectivity index is 2.45. The normalized spacial score (nSPS) is 14.9. The predicted molar refractivity (Wildman–Crippen MR) is 69.5 cm³/mol. The minimum Gasteiger partial charge on any atom is -0.396 e. The van der Waals surface area contributed by atoms with Crippen LogP contribution in [0.25, 0.3) is 0 Å². The molecule has 0 spiro atoms. The molecule has 0 aliphatic carbocycles. The van der Waals surface area contributed by atoms with Crippen LogP contribution in [0.15, 0.2) is 0 Å². The molecule has 17 heavy (non-hydrogen) atoms. The molecule has 0 bridgehead atoms. The van der Waals surface area contributed by atoms with Gasteiger partial charge in [0.1, 0.15) is 16.6 Å². The highest BCUT2D eigenvalue weighted by molar-refractivity contribution is 7.19. The van der Waals surface area contributed by atoms with Gasteiger partial charge < -0.3 is 10.6 Å². The van der Waals surface area contributed by atoms with Crippen molar-refractivity contribution in [3.63, 3.8) is 0 Å². The minimum atomic E-state index is 0.0226. The molecule has 1 aromatic heterocycles. The van der Waals surface area contributed by atoms with Crippen LogP contribution < -0.4 is 10.6 Å². The fraction of sp³-hybridized carbons (Fsp3) is 0.500. The topological polar surface area (TPSA) is 70.1 Å². The van der Waals surface area contributed by atoms with Gasteiger partial charge in [0, 0.05) is 19.5 Å². The van der Waals surface area contributed by atoms with Crippen molar-refractivity contribution < 1.29 is 4.79 Å². The number of rotatable bonds is 3. The molecule has 1 aliphatic heterocycles. The summed E-state index contributed by atoms with van der Waals surface area (Å²) in [6.45, 7) is 3.71. The molecule has 0 unspecified atom stereocenters. The molecule has 0 saturated carbocycles. The van der Waals surface area contributed by atoms with Crippen molar-refractivity contribution in [2.75, 3.05) is 23.7 Å². The molecule has 0 radical (unpaired) electrons. The van der Waals surface area contributed by atoms with E-state index in [0.717, 1.165) is 30.9 Å². The van der Waals surface area contributed by atoms with Gasteiger partial charge in [-0.2, -0.15) is 5.26 Å². The van der Waals surface area contributed by atoms with Crippen LogP contribution in [-0.2, 0) is 0 Å². The Morgan fingerprint density at radius 2 is 2.18 bits per heavy atom. The van der Waals surface area contributed by atoms with E-state index in [1.54, 1.807) is 0 Å². The zero-order chi connectivity index (χ0) is 12.4. The second-order valence-corrected chi connectivity index (χ2v) is 5.11. The van der Waals surface area contributed by atoms with Crippen molar-refractivity contribution in [2.24, 2.45) is 0 Å². The molecule has 2 rings (SSSR count). The molecule has 0 amide bonds. The van der Waals surface area contributed by atoms with E-state index in [4.69, 9.17) is 11.0 Å². The first-order chi connectivity index (χ1) is 8.19. The van der Waals surface area contributed by atoms with E-state index in [9.17, 15) is 4.79 Å². The van der Waals surface area contributed by atoms with Crippen molar-refractivity contribution >= 4 is 27.8 Å². The first-order valence-electron chi connectivity index (χ1n) is 5.79. The highest BCUT2D eigenvalue weighted by Crippen LogP contribution is 2.39. The number of carbonyl (C=O) groups is 1. The Morgan fingerprint density at radius 1 is 1.53 bits per heavy atom. The Bertz CT molecular complexity index is 481. The number of anilines is 2. The summed E-state index contributed by atoms with van der Waals surface area (Å²) < 4.78 is 0. The quantitative estimate of drug-likeness (QED) is 0.835. The molecule has 1 fully saturated rings. The molecule has 2 N–H and O–H groups in total. The summed E-state index contributed by atoms with van der Waals surface area (Å²) >= 11 is 1.37. The van der Waals surface area contributed by atoms with Crippen LogP contribution in [0.1, 0.15) is 41.4 Å². The lowest BCUT2D eigenvalue weighted by atomic mass is 10.2. The Morgan fingerprint density at radius 3 is 2.71 bits per heavy atom. The van der Waals surface area contributed by atoms with Crippen molar-refractivity contribution in [1.82, 2.24) is 0 Å². The molecule has 1 aromatic rings. The zero-order valence-electron chi connectivity index (χ0n) is 9.82. The third-order valence-electron chi connectivity index (χ3n) is 3.01. The van der Waals surface area contributed by atoms with E-state index < -0.39 is 0 Å². The molecule has 90 valence electrons. The van der Waals surface area contributed by atoms with Gasteiger partial charge in [-0.3, -0.25) is 4.79 Å². The number of ketones is 1. The van der Waals surface area contributed by atoms with Gasteiger partial charge in [0.25, 0.3) is 0 Å². The summed E-state index contributed by atoms with van der Waals surface area (Å²) in [6, 6.07) is 2.13. The van der Waals surface area contributed by atoms with Gasteiger partial charge >= 0.3 is 0 Å². The lowest BCUT2D eigenvalue weighted by Gasteiger charge is -2.14. The largest absolute Gasteiger partial charge is 0.396 e. The maximum atomic E-state index is 11.7. The van der Waals surface area contributed by atoms with Crippen LogP contribution in [0.2, 0.25) is 0 Å². The average Bonchev–Trinajstić information content (AvgIpc) is 2.95. The Kier molecular flexibility index (Phi) is 3.34. The van der Waals surface area contributed by atoms with Gasteiger partial charge in [0.15, 0.2) is 5.78 Å². The van der Waals surface area contributed by atoms with Crippen LogP contribution in [0.4, 0.5) is 10.7 Å². The average molecular weight is 249 g/mol. The Hall–Kier alpha value is -1.54. The molecule has 0 aromatic carbocycles. The van der Waals surface area contributed by atoms with E-state index in [-0.39, 0.29) is 5.78 Å². The number of thiophene rings is 1. The number of Topliss-reactive ketones (excluding diaryl/α,β-unsaturated/α-hetero) is 1. The zero-order valence-corrected chi connectivity index (χ0v) is 10.6. The molecule has 0 atom stereocenters. The van der Waals surface area contributed by atoms with Crippen molar-refractivity contribution in [1.29, 1.82) is 5.26 Å². The highest BCUT2D eigenvalue weighted by Gasteiger charge is 2.24. The summed E-state index contributed by atoms with van der Waals surface area (Å²) in [6.07, 6.45) is 2.70. The van der Waals surface area contributed by atoms with Gasteiger partial charge in [-0.1, -0.05) is 6.92 Å². The SMILES string of the molecule is CCC(=O)c1sc(N2CCCC2)c(C#N)c1N. The van der Waals surface area contributed by atoms with Gasteiger partial charge in [0.2, 0.25) is 0 Å². The number of hydrogen-bond acceptors (Lipinski definition) is 5. The van der Waals surface area contributed by atoms with Crippen molar-refractivity contribution in [3.05, 3.63) is 10.4 Å². The van der Waals surface area contributed by atoms with E-state index in [1.165, 1.54) is 11.3 Å². The van der Waals surface area contributed by atoms with Crippen LogP contribution in [0.3, 0.4) is 0 Å². The summed E-state index contributed by atoms with van der Waals surface area (Å²) in [5.74, 6) is 0.0226. The number of hydrogen-bond donors (Lipinski definition) is 1. The third-order valence-corrected chi connectivity index (χ3v) is 4.31. The summed E-state index contributed by atoms with van der Waals surface area (Å²) in [5, 5.41) is 10.0. The summed E-state index contributed by atoms with van der Waals surface area (Å²) in [4.78, 5) is 14.4. The third kappa shape index (κ3) is 2.01. The number of carbonyl (C=O) groups excluding carboxylic acids is 1. The molecule has 1 aliphatic rings. The predicted octanol–water partition coefficient (Wildman–Crippen LogP) is 2.39. The van der Waals surface area contributed by atoms with Gasteiger partial charge in [-0.15, -0.1) is 11.3 Å². The standard InChI is InChI=1S/C12H15N3OS/c1-2-9(16)11-10(14)8(7-13)12(17-11)15-5-3-4-6-15/h2-6,14H2,1H3. The summed E-state index contributed by atoms with van der Waals surface area (Å²) in [7, 11) is 0. The van der Waals surface area contributed by atoms with Crippen LogP contribution in [0, 0.1) is 11.3 Å². The van der Waals surface area contributed by atoms with Crippen LogP contribution in [0.5, 0.6) is 0 Å². The van der Waals surface area contributed by atoms with Crippen molar-refractivity contribution in [2.45, 2.75) is 26.2 Å². The maximum Gasteiger partial charge on any atom is 0.174 e. The highest BCUT2D eigenvalue weighted by atomic mass is 32.1. The second kappa shape index (κ2) is 4.76. The molecule has 4 nitrogen and oxygen atoms in total. The van der Waals surface area contributed by atoms with Crippen molar-refractivity contribution in [3.8, 4) is 6.07 Å². The smallest absolute Gasteiger partial charge is 0.174 e. The minimum absolute atomic E-state index is 0.0226. The molecule has 5 heteroatoms. The van der Waals surface area contributed by atoms with E-state index >= 15 is 0 Å². The van der Waals surface area contributed by atoms with E-state index in [2.05, 4.69) is 11.0 Å². The maximum absolute atomic E-state index is 11.7. The first kappa shape index (κ1) is 11.9. The van der Waals surface area contributed by atoms with E-state index in [1.807, 2.05) is 6.92 Å². The van der Waals surface area contributed by atoms with Gasteiger partial charge in [-0.05, 0) is 12.8 Å². The number of nitrogen functional groups attached to an aromatic ring is 1. The first-order valence-corrected chi connectivity index (χ1v) is 6.61. The molecule has 2 heterocycles. The fourth-order valence-electron chi connectivity index (χ4n) is 2.05. The lowest BCUT2D eigenvalue weighted by molar-refractivity contribution is 0.0993. The number of nitriles is 1. The van der Waals surface area contributed by atoms with Gasteiger partial charge in [0.05, 0.1) is 10.6 Å². The molecular weight excluding hydrogens is 234 g/mol.